The summed E-state index contributed by atoms with van der Waals surface area (Å²) in [6.07, 6.45) is 0.589. The van der Waals surface area contributed by atoms with Crippen molar-refractivity contribution in [3.8, 4) is 0 Å². The van der Waals surface area contributed by atoms with Crippen molar-refractivity contribution in [1.82, 2.24) is 4.90 Å². The monoisotopic (exact) mass is 211 g/mol. The quantitative estimate of drug-likeness (QED) is 0.810. The first-order valence-corrected chi connectivity index (χ1v) is 5.41. The highest BCUT2D eigenvalue weighted by Crippen LogP contribution is 2.15. The van der Waals surface area contributed by atoms with Crippen LogP contribution in [0.1, 0.15) is 30.4 Å². The summed E-state index contributed by atoms with van der Waals surface area (Å²) in [6.45, 7) is 7.56. The third-order valence-electron chi connectivity index (χ3n) is 2.51. The van der Waals surface area contributed by atoms with E-state index in [0.717, 1.165) is 31.0 Å². The van der Waals surface area contributed by atoms with Gasteiger partial charge in [-0.3, -0.25) is 0 Å². The van der Waals surface area contributed by atoms with Gasteiger partial charge in [0, 0.05) is 18.7 Å². The van der Waals surface area contributed by atoms with Crippen molar-refractivity contribution in [2.75, 3.05) is 13.6 Å². The molecule has 1 N–H and O–H groups in total. The third kappa shape index (κ3) is 4.06. The van der Waals surface area contributed by atoms with Crippen LogP contribution in [0.5, 0.6) is 0 Å². The molecular weight excluding hydrogens is 190 g/mol. The minimum absolute atomic E-state index is 0.223. The second-order valence-electron chi connectivity index (χ2n) is 4.31. The first-order chi connectivity index (χ1) is 6.99. The second-order valence-corrected chi connectivity index (χ2v) is 4.31. The molecule has 3 nitrogen and oxygen atoms in total. The molecule has 1 atom stereocenters. The highest BCUT2D eigenvalue weighted by atomic mass is 16.3. The Balaban J connectivity index is 2.44. The fourth-order valence-electron chi connectivity index (χ4n) is 1.62. The lowest BCUT2D eigenvalue weighted by Gasteiger charge is -2.16. The topological polar surface area (TPSA) is 36.6 Å². The zero-order chi connectivity index (χ0) is 11.4. The van der Waals surface area contributed by atoms with Crippen LogP contribution >= 0.6 is 0 Å². The Hall–Kier alpha value is -0.800. The maximum Gasteiger partial charge on any atom is 0.105 e. The van der Waals surface area contributed by atoms with Crippen LogP contribution in [0.4, 0.5) is 0 Å². The number of aliphatic hydroxyl groups is 1. The van der Waals surface area contributed by atoms with E-state index in [-0.39, 0.29) is 6.10 Å². The molecule has 1 unspecified atom stereocenters. The van der Waals surface area contributed by atoms with Crippen molar-refractivity contribution in [3.63, 3.8) is 0 Å². The summed E-state index contributed by atoms with van der Waals surface area (Å²) in [5.41, 5.74) is 1.24. The van der Waals surface area contributed by atoms with Gasteiger partial charge in [-0.25, -0.2) is 0 Å². The van der Waals surface area contributed by atoms with Crippen LogP contribution in [0.15, 0.2) is 10.5 Å². The zero-order valence-electron chi connectivity index (χ0n) is 10.1. The second kappa shape index (κ2) is 5.33. The van der Waals surface area contributed by atoms with E-state index in [1.807, 2.05) is 20.8 Å². The lowest BCUT2D eigenvalue weighted by molar-refractivity contribution is 0.162. The summed E-state index contributed by atoms with van der Waals surface area (Å²) in [5, 5.41) is 9.18. The zero-order valence-corrected chi connectivity index (χ0v) is 10.1. The van der Waals surface area contributed by atoms with Crippen molar-refractivity contribution < 1.29 is 9.52 Å². The minimum Gasteiger partial charge on any atom is -0.466 e. The van der Waals surface area contributed by atoms with E-state index >= 15 is 0 Å². The van der Waals surface area contributed by atoms with Gasteiger partial charge in [0.2, 0.25) is 0 Å². The SMILES string of the molecule is Cc1cc(CN(C)CCC(C)O)c(C)o1. The Labute approximate surface area is 91.7 Å². The first kappa shape index (κ1) is 12.3. The molecule has 1 rings (SSSR count). The maximum atomic E-state index is 9.18. The summed E-state index contributed by atoms with van der Waals surface area (Å²) in [4.78, 5) is 2.20. The Morgan fingerprint density at radius 2 is 2.13 bits per heavy atom. The number of aliphatic hydroxyl groups excluding tert-OH is 1. The summed E-state index contributed by atoms with van der Waals surface area (Å²) < 4.78 is 5.46. The van der Waals surface area contributed by atoms with E-state index in [1.165, 1.54) is 5.56 Å². The van der Waals surface area contributed by atoms with Gasteiger partial charge in [0.25, 0.3) is 0 Å². The number of aryl methyl sites for hydroxylation is 2. The van der Waals surface area contributed by atoms with E-state index < -0.39 is 0 Å². The average Bonchev–Trinajstić information content (AvgIpc) is 2.42. The summed E-state index contributed by atoms with van der Waals surface area (Å²) in [7, 11) is 2.06. The Morgan fingerprint density at radius 3 is 2.60 bits per heavy atom. The Morgan fingerprint density at radius 1 is 1.47 bits per heavy atom. The Kier molecular flexibility index (Phi) is 4.36. The molecule has 0 aliphatic heterocycles. The molecule has 3 heteroatoms. The van der Waals surface area contributed by atoms with Gasteiger partial charge >= 0.3 is 0 Å². The van der Waals surface area contributed by atoms with E-state index in [1.54, 1.807) is 0 Å². The Bertz CT molecular complexity index is 305. The van der Waals surface area contributed by atoms with Crippen LogP contribution in [0.2, 0.25) is 0 Å². The molecule has 0 bridgehead atoms. The number of hydrogen-bond acceptors (Lipinski definition) is 3. The highest BCUT2D eigenvalue weighted by Gasteiger charge is 2.08. The van der Waals surface area contributed by atoms with Crippen molar-refractivity contribution in [3.05, 3.63) is 23.2 Å². The molecular formula is C12H21NO2. The van der Waals surface area contributed by atoms with Crippen LogP contribution in [-0.4, -0.2) is 29.7 Å². The molecule has 0 aromatic carbocycles. The third-order valence-corrected chi connectivity index (χ3v) is 2.51. The van der Waals surface area contributed by atoms with Gasteiger partial charge in [0.05, 0.1) is 6.10 Å². The molecule has 0 aliphatic carbocycles. The molecule has 0 fully saturated rings. The van der Waals surface area contributed by atoms with Crippen LogP contribution < -0.4 is 0 Å². The molecule has 1 heterocycles. The van der Waals surface area contributed by atoms with Crippen LogP contribution in [0.3, 0.4) is 0 Å². The smallest absolute Gasteiger partial charge is 0.105 e. The highest BCUT2D eigenvalue weighted by molar-refractivity contribution is 5.19. The molecule has 15 heavy (non-hydrogen) atoms. The first-order valence-electron chi connectivity index (χ1n) is 5.41. The van der Waals surface area contributed by atoms with Crippen molar-refractivity contribution >= 4 is 0 Å². The van der Waals surface area contributed by atoms with Crippen LogP contribution in [0.25, 0.3) is 0 Å². The fourth-order valence-corrected chi connectivity index (χ4v) is 1.62. The van der Waals surface area contributed by atoms with Crippen LogP contribution in [0, 0.1) is 13.8 Å². The average molecular weight is 211 g/mol. The van der Waals surface area contributed by atoms with Gasteiger partial charge in [-0.05, 0) is 40.3 Å². The number of hydrogen-bond donors (Lipinski definition) is 1. The molecule has 0 radical (unpaired) electrons. The molecule has 1 aromatic heterocycles. The molecule has 0 saturated heterocycles. The van der Waals surface area contributed by atoms with E-state index in [9.17, 15) is 5.11 Å². The molecule has 0 spiro atoms. The maximum absolute atomic E-state index is 9.18. The molecule has 1 aromatic rings. The van der Waals surface area contributed by atoms with Gasteiger partial charge in [-0.2, -0.15) is 0 Å². The molecule has 0 amide bonds. The van der Waals surface area contributed by atoms with Crippen molar-refractivity contribution in [2.24, 2.45) is 0 Å². The van der Waals surface area contributed by atoms with Gasteiger partial charge in [0.1, 0.15) is 11.5 Å². The summed E-state index contributed by atoms with van der Waals surface area (Å²) >= 11 is 0. The fraction of sp³-hybridized carbons (Fsp3) is 0.667. The standard InChI is InChI=1S/C12H21NO2/c1-9(14)5-6-13(4)8-12-7-10(2)15-11(12)3/h7,9,14H,5-6,8H2,1-4H3. The summed E-state index contributed by atoms with van der Waals surface area (Å²) in [5.74, 6) is 1.96. The number of nitrogens with zero attached hydrogens (tertiary/aromatic N) is 1. The van der Waals surface area contributed by atoms with Gasteiger partial charge < -0.3 is 14.4 Å². The largest absolute Gasteiger partial charge is 0.466 e. The van der Waals surface area contributed by atoms with E-state index in [2.05, 4.69) is 18.0 Å². The van der Waals surface area contributed by atoms with Crippen LogP contribution in [-0.2, 0) is 6.54 Å². The number of furan rings is 1. The van der Waals surface area contributed by atoms with E-state index in [4.69, 9.17) is 4.42 Å². The van der Waals surface area contributed by atoms with Crippen molar-refractivity contribution in [1.29, 1.82) is 0 Å². The molecule has 0 saturated carbocycles. The van der Waals surface area contributed by atoms with Gasteiger partial charge in [-0.15, -0.1) is 0 Å². The summed E-state index contributed by atoms with van der Waals surface area (Å²) in [6, 6.07) is 2.08. The molecule has 86 valence electrons. The lowest BCUT2D eigenvalue weighted by Crippen LogP contribution is -2.22. The lowest BCUT2D eigenvalue weighted by atomic mass is 10.2. The van der Waals surface area contributed by atoms with E-state index in [0.29, 0.717) is 0 Å². The predicted octanol–water partition coefficient (Wildman–Crippen LogP) is 2.10. The van der Waals surface area contributed by atoms with Gasteiger partial charge in [0.15, 0.2) is 0 Å². The molecule has 0 aliphatic rings. The van der Waals surface area contributed by atoms with Gasteiger partial charge in [-0.1, -0.05) is 0 Å². The predicted molar refractivity (Wildman–Crippen MR) is 60.8 cm³/mol. The normalized spacial score (nSPS) is 13.5. The minimum atomic E-state index is -0.223. The number of rotatable bonds is 5. The van der Waals surface area contributed by atoms with Crippen molar-refractivity contribution in [2.45, 2.75) is 39.8 Å².